The first kappa shape index (κ1) is 16.8. The van der Waals surface area contributed by atoms with E-state index in [9.17, 15) is 14.7 Å². The zero-order valence-corrected chi connectivity index (χ0v) is 14.4. The van der Waals surface area contributed by atoms with Crippen LogP contribution < -0.4 is 5.32 Å². The van der Waals surface area contributed by atoms with Crippen LogP contribution in [0.2, 0.25) is 4.34 Å². The third-order valence-electron chi connectivity index (χ3n) is 4.00. The second-order valence-electron chi connectivity index (χ2n) is 5.64. The fourth-order valence-corrected chi connectivity index (χ4v) is 3.77. The van der Waals surface area contributed by atoms with Crippen LogP contribution in [0.15, 0.2) is 36.4 Å². The molecule has 7 heteroatoms. The molecule has 24 heavy (non-hydrogen) atoms. The molecule has 2 heterocycles. The van der Waals surface area contributed by atoms with Crippen molar-refractivity contribution < 1.29 is 14.7 Å². The lowest BCUT2D eigenvalue weighted by Crippen LogP contribution is -2.45. The molecule has 1 aromatic carbocycles. The molecule has 1 aliphatic rings. The van der Waals surface area contributed by atoms with Crippen LogP contribution in [-0.4, -0.2) is 34.4 Å². The van der Waals surface area contributed by atoms with Crippen molar-refractivity contribution in [3.8, 4) is 5.75 Å². The van der Waals surface area contributed by atoms with Crippen LogP contribution in [0.25, 0.3) is 0 Å². The van der Waals surface area contributed by atoms with E-state index in [2.05, 4.69) is 5.32 Å². The maximum absolute atomic E-state index is 12.6. The number of nitrogens with zero attached hydrogens (tertiary/aromatic N) is 1. The molecule has 2 amide bonds. The molecule has 1 saturated heterocycles. The van der Waals surface area contributed by atoms with Crippen LogP contribution in [0.4, 0.5) is 0 Å². The van der Waals surface area contributed by atoms with Gasteiger partial charge in [0.15, 0.2) is 0 Å². The van der Waals surface area contributed by atoms with Gasteiger partial charge in [0.25, 0.3) is 5.91 Å². The molecule has 0 unspecified atom stereocenters. The minimum Gasteiger partial charge on any atom is -0.508 e. The summed E-state index contributed by atoms with van der Waals surface area (Å²) in [6.07, 6.45) is 1.47. The highest BCUT2D eigenvalue weighted by Crippen LogP contribution is 2.26. The van der Waals surface area contributed by atoms with E-state index in [4.69, 9.17) is 11.6 Å². The zero-order chi connectivity index (χ0) is 17.1. The van der Waals surface area contributed by atoms with Crippen LogP contribution in [0, 0.1) is 0 Å². The molecule has 0 radical (unpaired) electrons. The van der Waals surface area contributed by atoms with E-state index in [1.165, 1.54) is 11.3 Å². The van der Waals surface area contributed by atoms with Crippen LogP contribution in [-0.2, 0) is 11.3 Å². The normalized spacial score (nSPS) is 17.0. The molecule has 1 atom stereocenters. The van der Waals surface area contributed by atoms with Crippen molar-refractivity contribution in [2.45, 2.75) is 25.4 Å². The van der Waals surface area contributed by atoms with Crippen LogP contribution in [0.3, 0.4) is 0 Å². The monoisotopic (exact) mass is 364 g/mol. The van der Waals surface area contributed by atoms with Crippen molar-refractivity contribution in [3.05, 3.63) is 51.2 Å². The first-order valence-electron chi connectivity index (χ1n) is 7.66. The summed E-state index contributed by atoms with van der Waals surface area (Å²) < 4.78 is 0.561. The summed E-state index contributed by atoms with van der Waals surface area (Å²) in [4.78, 5) is 27.2. The molecule has 0 aliphatic carbocycles. The Morgan fingerprint density at radius 3 is 2.67 bits per heavy atom. The highest BCUT2D eigenvalue weighted by Gasteiger charge is 2.34. The summed E-state index contributed by atoms with van der Waals surface area (Å²) in [5.41, 5.74) is 0.891. The third-order valence-corrected chi connectivity index (χ3v) is 5.22. The Kier molecular flexibility index (Phi) is 5.06. The average Bonchev–Trinajstić information content (AvgIpc) is 3.22. The minimum atomic E-state index is -0.449. The Hall–Kier alpha value is -2.05. The van der Waals surface area contributed by atoms with Crippen molar-refractivity contribution in [1.29, 1.82) is 0 Å². The van der Waals surface area contributed by atoms with Crippen molar-refractivity contribution in [1.82, 2.24) is 10.2 Å². The summed E-state index contributed by atoms with van der Waals surface area (Å²) >= 11 is 7.12. The topological polar surface area (TPSA) is 69.6 Å². The predicted octanol–water partition coefficient (Wildman–Crippen LogP) is 3.03. The Bertz CT molecular complexity index is 745. The van der Waals surface area contributed by atoms with Gasteiger partial charge >= 0.3 is 0 Å². The number of nitrogens with one attached hydrogen (secondary N) is 1. The lowest BCUT2D eigenvalue weighted by Gasteiger charge is -2.23. The number of halogens is 1. The van der Waals surface area contributed by atoms with Crippen molar-refractivity contribution >= 4 is 34.8 Å². The summed E-state index contributed by atoms with van der Waals surface area (Å²) in [6, 6.07) is 9.59. The van der Waals surface area contributed by atoms with Crippen LogP contribution in [0.5, 0.6) is 5.75 Å². The minimum absolute atomic E-state index is 0.144. The van der Waals surface area contributed by atoms with E-state index in [1.54, 1.807) is 41.3 Å². The van der Waals surface area contributed by atoms with E-state index in [-0.39, 0.29) is 17.6 Å². The van der Waals surface area contributed by atoms with E-state index in [1.807, 2.05) is 0 Å². The first-order chi connectivity index (χ1) is 11.5. The van der Waals surface area contributed by atoms with Gasteiger partial charge in [-0.15, -0.1) is 11.3 Å². The van der Waals surface area contributed by atoms with Gasteiger partial charge in [0.1, 0.15) is 11.8 Å². The predicted molar refractivity (Wildman–Crippen MR) is 93.3 cm³/mol. The highest BCUT2D eigenvalue weighted by atomic mass is 35.5. The standard InChI is InChI=1S/C17H17ClN2O3S/c18-15-8-7-14(24-15)17(23)20-9-1-2-13(20)16(22)19-10-11-3-5-12(21)6-4-11/h3-8,13,21H,1-2,9-10H2,(H,19,22)/t13-/m0/s1. The quantitative estimate of drug-likeness (QED) is 0.876. The molecule has 0 bridgehead atoms. The van der Waals surface area contributed by atoms with Gasteiger partial charge in [0.2, 0.25) is 5.91 Å². The molecule has 5 nitrogen and oxygen atoms in total. The average molecular weight is 365 g/mol. The molecule has 2 aromatic rings. The van der Waals surface area contributed by atoms with E-state index in [0.29, 0.717) is 28.7 Å². The van der Waals surface area contributed by atoms with Gasteiger partial charge < -0.3 is 15.3 Å². The molecular formula is C17H17ClN2O3S. The molecule has 1 fully saturated rings. The molecule has 0 spiro atoms. The Morgan fingerprint density at radius 1 is 1.25 bits per heavy atom. The Labute approximate surface area is 148 Å². The number of thiophene rings is 1. The molecular weight excluding hydrogens is 348 g/mol. The summed E-state index contributed by atoms with van der Waals surface area (Å²) in [7, 11) is 0. The number of hydrogen-bond acceptors (Lipinski definition) is 4. The van der Waals surface area contributed by atoms with Crippen molar-refractivity contribution in [3.63, 3.8) is 0 Å². The number of aromatic hydroxyl groups is 1. The van der Waals surface area contributed by atoms with Gasteiger partial charge in [-0.2, -0.15) is 0 Å². The fourth-order valence-electron chi connectivity index (χ4n) is 2.77. The van der Waals surface area contributed by atoms with Gasteiger partial charge in [-0.3, -0.25) is 9.59 Å². The van der Waals surface area contributed by atoms with Crippen LogP contribution in [0.1, 0.15) is 28.1 Å². The molecule has 3 rings (SSSR count). The smallest absolute Gasteiger partial charge is 0.264 e. The SMILES string of the molecule is O=C(NCc1ccc(O)cc1)[C@@H]1CCCN1C(=O)c1ccc(Cl)s1. The van der Waals surface area contributed by atoms with E-state index >= 15 is 0 Å². The number of likely N-dealkylation sites (tertiary alicyclic amines) is 1. The van der Waals surface area contributed by atoms with Crippen molar-refractivity contribution in [2.24, 2.45) is 0 Å². The lowest BCUT2D eigenvalue weighted by atomic mass is 10.1. The Balaban J connectivity index is 1.63. The molecule has 0 saturated carbocycles. The van der Waals surface area contributed by atoms with Crippen molar-refractivity contribution in [2.75, 3.05) is 6.54 Å². The molecule has 1 aromatic heterocycles. The van der Waals surface area contributed by atoms with E-state index < -0.39 is 6.04 Å². The highest BCUT2D eigenvalue weighted by molar-refractivity contribution is 7.17. The number of phenols is 1. The second-order valence-corrected chi connectivity index (χ2v) is 7.36. The number of hydrogen-bond donors (Lipinski definition) is 2. The first-order valence-corrected chi connectivity index (χ1v) is 8.86. The van der Waals surface area contributed by atoms with E-state index in [0.717, 1.165) is 12.0 Å². The van der Waals surface area contributed by atoms with Gasteiger partial charge in [0, 0.05) is 13.1 Å². The summed E-state index contributed by atoms with van der Waals surface area (Å²) in [5.74, 6) is -0.113. The fraction of sp³-hybridized carbons (Fsp3) is 0.294. The zero-order valence-electron chi connectivity index (χ0n) is 12.9. The number of amides is 2. The summed E-state index contributed by atoms with van der Waals surface area (Å²) in [5, 5.41) is 12.1. The number of phenolic OH excluding ortho intramolecular Hbond substituents is 1. The van der Waals surface area contributed by atoms with Gasteiger partial charge in [-0.1, -0.05) is 23.7 Å². The second kappa shape index (κ2) is 7.23. The largest absolute Gasteiger partial charge is 0.508 e. The summed E-state index contributed by atoms with van der Waals surface area (Å²) in [6.45, 7) is 0.939. The maximum Gasteiger partial charge on any atom is 0.264 e. The Morgan fingerprint density at radius 2 is 2.00 bits per heavy atom. The molecule has 1 aliphatic heterocycles. The van der Waals surface area contributed by atoms with Gasteiger partial charge in [-0.25, -0.2) is 0 Å². The van der Waals surface area contributed by atoms with Gasteiger partial charge in [0.05, 0.1) is 9.21 Å². The number of rotatable bonds is 4. The maximum atomic E-state index is 12.6. The number of carbonyl (C=O) groups excluding carboxylic acids is 2. The molecule has 126 valence electrons. The molecule has 2 N–H and O–H groups in total. The number of benzene rings is 1. The lowest BCUT2D eigenvalue weighted by molar-refractivity contribution is -0.125. The van der Waals surface area contributed by atoms with Crippen LogP contribution >= 0.6 is 22.9 Å². The third kappa shape index (κ3) is 3.71. The number of carbonyl (C=O) groups is 2. The van der Waals surface area contributed by atoms with Gasteiger partial charge in [-0.05, 0) is 42.7 Å².